The number of nitrogens with zero attached hydrogens (tertiary/aromatic N) is 1. The monoisotopic (exact) mass is 615 g/mol. The van der Waals surface area contributed by atoms with Gasteiger partial charge >= 0.3 is 11.9 Å². The zero-order chi connectivity index (χ0) is 31.4. The van der Waals surface area contributed by atoms with Crippen molar-refractivity contribution in [2.75, 3.05) is 41.5 Å². The Morgan fingerprint density at radius 2 is 1.75 bits per heavy atom. The van der Waals surface area contributed by atoms with Gasteiger partial charge in [0.05, 0.1) is 23.4 Å². The Morgan fingerprint density at radius 3 is 2.34 bits per heavy atom. The molecule has 5 saturated carbocycles. The number of methoxy groups -OCH3 is 4. The fourth-order valence-corrected chi connectivity index (χ4v) is 11.9. The van der Waals surface area contributed by atoms with Crippen LogP contribution in [0.5, 0.6) is 0 Å². The zero-order valence-corrected chi connectivity index (χ0v) is 26.3. The van der Waals surface area contributed by atoms with Crippen molar-refractivity contribution in [3.8, 4) is 0 Å². The lowest BCUT2D eigenvalue weighted by Gasteiger charge is -2.69. The average Bonchev–Trinajstić information content (AvgIpc) is 3.39. The predicted octanol–water partition coefficient (Wildman–Crippen LogP) is 1.43. The fourth-order valence-electron chi connectivity index (χ4n) is 11.9. The molecule has 5 aliphatic carbocycles. The number of aliphatic hydroxyl groups is 2. The lowest BCUT2D eigenvalue weighted by molar-refractivity contribution is -0.320. The first-order chi connectivity index (χ1) is 21.1. The number of aliphatic hydroxyl groups excluding tert-OH is 1. The van der Waals surface area contributed by atoms with Crippen molar-refractivity contribution < 1.29 is 48.2 Å². The molecule has 1 heterocycles. The van der Waals surface area contributed by atoms with E-state index in [9.17, 15) is 19.8 Å². The lowest BCUT2D eigenvalue weighted by atomic mass is 9.45. The summed E-state index contributed by atoms with van der Waals surface area (Å²) in [6, 6.07) is 8.37. The van der Waals surface area contributed by atoms with E-state index < -0.39 is 76.3 Å². The molecule has 7 bridgehead atoms. The zero-order valence-electron chi connectivity index (χ0n) is 26.3. The number of esters is 2. The van der Waals surface area contributed by atoms with Crippen LogP contribution in [0.3, 0.4) is 0 Å². The summed E-state index contributed by atoms with van der Waals surface area (Å²) in [5.74, 6) is -3.13. The first-order valence-electron chi connectivity index (χ1n) is 15.8. The molecular formula is C33H45NO10. The van der Waals surface area contributed by atoms with Crippen LogP contribution >= 0.6 is 0 Å². The van der Waals surface area contributed by atoms with Gasteiger partial charge in [0, 0.05) is 71.1 Å². The summed E-state index contributed by atoms with van der Waals surface area (Å²) in [7, 11) is 6.56. The van der Waals surface area contributed by atoms with E-state index in [2.05, 4.69) is 11.8 Å². The van der Waals surface area contributed by atoms with E-state index in [0.29, 0.717) is 18.7 Å². The second kappa shape index (κ2) is 10.2. The molecule has 242 valence electrons. The summed E-state index contributed by atoms with van der Waals surface area (Å²) in [4.78, 5) is 29.3. The van der Waals surface area contributed by atoms with Crippen LogP contribution in [0.15, 0.2) is 30.3 Å². The number of hydrogen-bond acceptors (Lipinski definition) is 11. The first kappa shape index (κ1) is 30.5. The summed E-state index contributed by atoms with van der Waals surface area (Å²) >= 11 is 0. The molecular weight excluding hydrogens is 570 g/mol. The minimum atomic E-state index is -1.77. The topological polar surface area (TPSA) is 133 Å². The Kier molecular flexibility index (Phi) is 7.07. The number of fused-ring (bicyclic) bond motifs is 2. The average molecular weight is 616 g/mol. The molecule has 1 aliphatic heterocycles. The van der Waals surface area contributed by atoms with Gasteiger partial charge in [0.15, 0.2) is 5.60 Å². The summed E-state index contributed by atoms with van der Waals surface area (Å²) < 4.78 is 38.1. The summed E-state index contributed by atoms with van der Waals surface area (Å²) in [5.41, 5.74) is -4.28. The van der Waals surface area contributed by atoms with Gasteiger partial charge in [-0.1, -0.05) is 25.1 Å². The van der Waals surface area contributed by atoms with E-state index >= 15 is 0 Å². The lowest BCUT2D eigenvalue weighted by Crippen LogP contribution is -2.81. The van der Waals surface area contributed by atoms with Gasteiger partial charge in [-0.3, -0.25) is 9.69 Å². The van der Waals surface area contributed by atoms with Crippen LogP contribution in [0, 0.1) is 29.1 Å². The molecule has 0 radical (unpaired) electrons. The van der Waals surface area contributed by atoms with Crippen molar-refractivity contribution >= 4 is 11.9 Å². The maximum atomic E-state index is 13.7. The Bertz CT molecular complexity index is 1310. The summed E-state index contributed by atoms with van der Waals surface area (Å²) in [6.07, 6.45) is -2.91. The van der Waals surface area contributed by atoms with Gasteiger partial charge in [-0.15, -0.1) is 0 Å². The molecule has 44 heavy (non-hydrogen) atoms. The number of likely N-dealkylation sites (N-methyl/N-ethyl adjacent to an activating group) is 1. The maximum absolute atomic E-state index is 13.7. The minimum Gasteiger partial charge on any atom is -0.455 e. The molecule has 11 nitrogen and oxygen atoms in total. The highest BCUT2D eigenvalue weighted by molar-refractivity contribution is 5.89. The Labute approximate surface area is 258 Å². The van der Waals surface area contributed by atoms with Crippen LogP contribution in [-0.2, 0) is 33.2 Å². The molecule has 1 spiro atoms. The van der Waals surface area contributed by atoms with Crippen LogP contribution in [0.1, 0.15) is 43.5 Å². The van der Waals surface area contributed by atoms with Gasteiger partial charge in [0.2, 0.25) is 0 Å². The Morgan fingerprint density at radius 1 is 1.02 bits per heavy atom. The smallest absolute Gasteiger partial charge is 0.338 e. The number of benzene rings is 1. The maximum Gasteiger partial charge on any atom is 0.338 e. The van der Waals surface area contributed by atoms with E-state index in [0.717, 1.165) is 12.8 Å². The number of carbonyl (C=O) groups is 2. The Hall–Kier alpha value is -2.12. The fraction of sp³-hybridized carbons (Fsp3) is 0.758. The van der Waals surface area contributed by atoms with E-state index in [1.807, 2.05) is 6.07 Å². The SMILES string of the molecule is CCN1CC2(OC)CCC(OC)C34C5CC6(O)C(OC)C(O)C(OC(C)=O)(C5C6OC(=O)c5ccccc5)C(C(OC)C23)C14. The number of likely N-dealkylation sites (tertiary alicyclic amines) is 1. The minimum absolute atomic E-state index is 0.149. The van der Waals surface area contributed by atoms with Gasteiger partial charge in [-0.25, -0.2) is 4.79 Å². The van der Waals surface area contributed by atoms with Gasteiger partial charge < -0.3 is 38.6 Å². The van der Waals surface area contributed by atoms with Crippen molar-refractivity contribution in [1.29, 1.82) is 0 Å². The molecule has 1 aromatic carbocycles. The molecule has 0 amide bonds. The van der Waals surface area contributed by atoms with Crippen LogP contribution in [-0.4, -0.2) is 122 Å². The molecule has 14 unspecified atom stereocenters. The second-order valence-corrected chi connectivity index (χ2v) is 13.8. The molecule has 2 N–H and O–H groups in total. The third kappa shape index (κ3) is 3.36. The third-order valence-corrected chi connectivity index (χ3v) is 12.8. The van der Waals surface area contributed by atoms with Gasteiger partial charge in [-0.2, -0.15) is 0 Å². The number of carbonyl (C=O) groups excluding carboxylic acids is 2. The first-order valence-corrected chi connectivity index (χ1v) is 15.8. The molecule has 0 aromatic heterocycles. The molecule has 7 rings (SSSR count). The van der Waals surface area contributed by atoms with Crippen LogP contribution < -0.4 is 0 Å². The van der Waals surface area contributed by atoms with E-state index in [1.54, 1.807) is 45.6 Å². The van der Waals surface area contributed by atoms with Crippen LogP contribution in [0.2, 0.25) is 0 Å². The number of rotatable bonds is 8. The Balaban J connectivity index is 1.52. The molecule has 6 fully saturated rings. The van der Waals surface area contributed by atoms with Gasteiger partial charge in [0.25, 0.3) is 0 Å². The van der Waals surface area contributed by atoms with Crippen LogP contribution in [0.4, 0.5) is 0 Å². The summed E-state index contributed by atoms with van der Waals surface area (Å²) in [5, 5.41) is 25.1. The highest BCUT2D eigenvalue weighted by Crippen LogP contribution is 2.79. The quantitative estimate of drug-likeness (QED) is 0.412. The number of piperidine rings is 1. The molecule has 11 heteroatoms. The standard InChI is InChI=1S/C33H45NO10/c1-7-34-16-30(42-6)14-13-20(39-3)32-19-15-31(38)27(43-29(37)18-11-9-8-10-12-18)21(19)33(44-17(2)35,26(36)28(31)41-5)22(25(32)34)23(40-4)24(30)32/h8-12,19-28,36,38H,7,13-16H2,1-6H3. The van der Waals surface area contributed by atoms with Crippen molar-refractivity contribution in [2.45, 2.75) is 86.5 Å². The van der Waals surface area contributed by atoms with Crippen molar-refractivity contribution in [3.05, 3.63) is 35.9 Å². The van der Waals surface area contributed by atoms with Crippen molar-refractivity contribution in [1.82, 2.24) is 4.90 Å². The molecule has 14 atom stereocenters. The normalized spacial score (nSPS) is 49.9. The number of hydrogen-bond donors (Lipinski definition) is 2. The molecule has 1 saturated heterocycles. The molecule has 1 aromatic rings. The summed E-state index contributed by atoms with van der Waals surface area (Å²) in [6.45, 7) is 4.76. The van der Waals surface area contributed by atoms with Gasteiger partial charge in [0.1, 0.15) is 23.9 Å². The highest BCUT2D eigenvalue weighted by atomic mass is 16.6. The largest absolute Gasteiger partial charge is 0.455 e. The third-order valence-electron chi connectivity index (χ3n) is 12.8. The van der Waals surface area contributed by atoms with E-state index in [-0.39, 0.29) is 24.5 Å². The molecule has 6 aliphatic rings. The van der Waals surface area contributed by atoms with Crippen molar-refractivity contribution in [2.24, 2.45) is 29.1 Å². The van der Waals surface area contributed by atoms with E-state index in [4.69, 9.17) is 28.4 Å². The van der Waals surface area contributed by atoms with Crippen molar-refractivity contribution in [3.63, 3.8) is 0 Å². The predicted molar refractivity (Wildman–Crippen MR) is 155 cm³/mol. The van der Waals surface area contributed by atoms with Gasteiger partial charge in [-0.05, 0) is 43.9 Å². The number of ether oxygens (including phenoxy) is 6. The second-order valence-electron chi connectivity index (χ2n) is 13.8. The van der Waals surface area contributed by atoms with E-state index in [1.165, 1.54) is 14.0 Å². The van der Waals surface area contributed by atoms with Crippen LogP contribution in [0.25, 0.3) is 0 Å². The highest BCUT2D eigenvalue weighted by Gasteiger charge is 2.91.